The molecule has 0 aliphatic carbocycles. The van der Waals surface area contributed by atoms with E-state index in [4.69, 9.17) is 0 Å². The average Bonchev–Trinajstić information content (AvgIpc) is 2.71. The Labute approximate surface area is 156 Å². The van der Waals surface area contributed by atoms with Crippen molar-refractivity contribution in [3.05, 3.63) is 113 Å². The van der Waals surface area contributed by atoms with Gasteiger partial charge in [0, 0.05) is 19.0 Å². The first-order chi connectivity index (χ1) is 12.8. The lowest BCUT2D eigenvalue weighted by atomic mass is 9.79. The van der Waals surface area contributed by atoms with E-state index in [2.05, 4.69) is 103 Å². The normalized spacial score (nSPS) is 17.9. The van der Waals surface area contributed by atoms with Crippen molar-refractivity contribution in [2.45, 2.75) is 12.3 Å². The van der Waals surface area contributed by atoms with Crippen molar-refractivity contribution in [3.8, 4) is 0 Å². The van der Waals surface area contributed by atoms with Gasteiger partial charge in [-0.05, 0) is 35.7 Å². The number of likely N-dealkylation sites (tertiary alicyclic amines) is 1. The number of nitrogens with zero attached hydrogens (tertiary/aromatic N) is 1. The minimum absolute atomic E-state index is 0.436. The van der Waals surface area contributed by atoms with Crippen LogP contribution in [0.1, 0.15) is 29.0 Å². The molecule has 0 saturated carbocycles. The quantitative estimate of drug-likeness (QED) is 0.600. The molecule has 1 saturated heterocycles. The van der Waals surface area contributed by atoms with E-state index < -0.39 is 0 Å². The second-order valence-corrected chi connectivity index (χ2v) is 7.11. The van der Waals surface area contributed by atoms with Crippen LogP contribution in [0.5, 0.6) is 0 Å². The van der Waals surface area contributed by atoms with Gasteiger partial charge in [0.15, 0.2) is 0 Å². The first-order valence-corrected chi connectivity index (χ1v) is 9.40. The number of hydrogen-bond acceptors (Lipinski definition) is 1. The van der Waals surface area contributed by atoms with Gasteiger partial charge in [-0.1, -0.05) is 96.6 Å². The highest BCUT2D eigenvalue weighted by Crippen LogP contribution is 2.39. The van der Waals surface area contributed by atoms with Gasteiger partial charge in [-0.2, -0.15) is 0 Å². The zero-order valence-electron chi connectivity index (χ0n) is 15.3. The van der Waals surface area contributed by atoms with Crippen LogP contribution in [-0.2, 0) is 0 Å². The van der Waals surface area contributed by atoms with Crippen LogP contribution < -0.4 is 0 Å². The van der Waals surface area contributed by atoms with Crippen LogP contribution in [-0.4, -0.2) is 25.0 Å². The Morgan fingerprint density at radius 1 is 0.731 bits per heavy atom. The molecule has 26 heavy (non-hydrogen) atoms. The standard InChI is InChI=1S/C25H25N/c1-26-18-17-23(24(19-26)20-11-5-2-6-12-20)25(21-13-7-3-8-14-21)22-15-9-4-10-16-22/h2-16,24H,17-19H2,1H3. The van der Waals surface area contributed by atoms with Gasteiger partial charge in [-0.15, -0.1) is 0 Å². The average molecular weight is 339 g/mol. The second kappa shape index (κ2) is 7.72. The minimum atomic E-state index is 0.436. The monoisotopic (exact) mass is 339 g/mol. The van der Waals surface area contributed by atoms with Gasteiger partial charge in [-0.25, -0.2) is 0 Å². The van der Waals surface area contributed by atoms with Gasteiger partial charge in [0.1, 0.15) is 0 Å². The van der Waals surface area contributed by atoms with Crippen LogP contribution in [0.25, 0.3) is 5.57 Å². The third-order valence-corrected chi connectivity index (χ3v) is 5.33. The zero-order chi connectivity index (χ0) is 17.8. The summed E-state index contributed by atoms with van der Waals surface area (Å²) in [6, 6.07) is 32.7. The molecule has 0 aromatic heterocycles. The molecule has 1 aliphatic heterocycles. The third-order valence-electron chi connectivity index (χ3n) is 5.33. The van der Waals surface area contributed by atoms with Crippen molar-refractivity contribution < 1.29 is 0 Å². The summed E-state index contributed by atoms with van der Waals surface area (Å²) in [5.41, 5.74) is 7.02. The summed E-state index contributed by atoms with van der Waals surface area (Å²) in [6.07, 6.45) is 1.11. The molecule has 1 heteroatoms. The third kappa shape index (κ3) is 3.49. The minimum Gasteiger partial charge on any atom is -0.305 e. The van der Waals surface area contributed by atoms with E-state index in [1.165, 1.54) is 22.3 Å². The van der Waals surface area contributed by atoms with Crippen LogP contribution >= 0.6 is 0 Å². The van der Waals surface area contributed by atoms with Crippen molar-refractivity contribution in [3.63, 3.8) is 0 Å². The number of hydrogen-bond donors (Lipinski definition) is 0. The van der Waals surface area contributed by atoms with Gasteiger partial charge in [0.05, 0.1) is 0 Å². The summed E-state index contributed by atoms with van der Waals surface area (Å²) in [6.45, 7) is 2.18. The zero-order valence-corrected chi connectivity index (χ0v) is 15.3. The van der Waals surface area contributed by atoms with Gasteiger partial charge in [-0.3, -0.25) is 0 Å². The molecule has 1 heterocycles. The van der Waals surface area contributed by atoms with Crippen LogP contribution in [0.2, 0.25) is 0 Å². The van der Waals surface area contributed by atoms with E-state index in [9.17, 15) is 0 Å². The summed E-state index contributed by atoms with van der Waals surface area (Å²) in [7, 11) is 2.23. The Morgan fingerprint density at radius 2 is 1.23 bits per heavy atom. The molecule has 1 fully saturated rings. The molecule has 0 bridgehead atoms. The lowest BCUT2D eigenvalue weighted by Gasteiger charge is -2.35. The van der Waals surface area contributed by atoms with Gasteiger partial charge < -0.3 is 4.90 Å². The van der Waals surface area contributed by atoms with Gasteiger partial charge in [0.25, 0.3) is 0 Å². The SMILES string of the molecule is CN1CCC(=C(c2ccccc2)c2ccccc2)C(c2ccccc2)C1. The van der Waals surface area contributed by atoms with Crippen molar-refractivity contribution in [1.82, 2.24) is 4.90 Å². The highest BCUT2D eigenvalue weighted by atomic mass is 15.1. The summed E-state index contributed by atoms with van der Waals surface area (Å²) >= 11 is 0. The van der Waals surface area contributed by atoms with Gasteiger partial charge >= 0.3 is 0 Å². The number of piperidine rings is 1. The van der Waals surface area contributed by atoms with Gasteiger partial charge in [0.2, 0.25) is 0 Å². The first kappa shape index (κ1) is 16.8. The maximum Gasteiger partial charge on any atom is 0.0185 e. The van der Waals surface area contributed by atoms with Crippen LogP contribution in [0, 0.1) is 0 Å². The van der Waals surface area contributed by atoms with E-state index in [1.807, 2.05) is 0 Å². The summed E-state index contributed by atoms with van der Waals surface area (Å²) in [5, 5.41) is 0. The van der Waals surface area contributed by atoms with Crippen LogP contribution in [0.15, 0.2) is 96.6 Å². The number of rotatable bonds is 3. The lowest BCUT2D eigenvalue weighted by Crippen LogP contribution is -2.33. The Balaban J connectivity index is 1.92. The molecule has 1 aliphatic rings. The molecule has 1 nitrogen and oxygen atoms in total. The smallest absolute Gasteiger partial charge is 0.0185 e. The fourth-order valence-corrected chi connectivity index (χ4v) is 4.04. The summed E-state index contributed by atoms with van der Waals surface area (Å²) in [4.78, 5) is 2.45. The molecule has 1 unspecified atom stereocenters. The predicted molar refractivity (Wildman–Crippen MR) is 110 cm³/mol. The summed E-state index contributed by atoms with van der Waals surface area (Å²) < 4.78 is 0. The van der Waals surface area contributed by atoms with E-state index >= 15 is 0 Å². The van der Waals surface area contributed by atoms with Crippen molar-refractivity contribution >= 4 is 5.57 Å². The van der Waals surface area contributed by atoms with Crippen molar-refractivity contribution in [2.75, 3.05) is 20.1 Å². The highest BCUT2D eigenvalue weighted by molar-refractivity contribution is 5.83. The topological polar surface area (TPSA) is 3.24 Å². The number of benzene rings is 3. The predicted octanol–water partition coefficient (Wildman–Crippen LogP) is 5.61. The van der Waals surface area contributed by atoms with E-state index in [1.54, 1.807) is 5.57 Å². The molecule has 0 radical (unpaired) electrons. The molecule has 3 aromatic carbocycles. The molecule has 0 spiro atoms. The largest absolute Gasteiger partial charge is 0.305 e. The summed E-state index contributed by atoms with van der Waals surface area (Å²) in [5.74, 6) is 0.436. The molecule has 0 N–H and O–H groups in total. The Morgan fingerprint density at radius 3 is 1.77 bits per heavy atom. The molecule has 0 amide bonds. The molecule has 4 rings (SSSR count). The molecule has 3 aromatic rings. The molecule has 1 atom stereocenters. The fourth-order valence-electron chi connectivity index (χ4n) is 4.04. The van der Waals surface area contributed by atoms with E-state index in [-0.39, 0.29) is 0 Å². The van der Waals surface area contributed by atoms with Crippen LogP contribution in [0.4, 0.5) is 0 Å². The maximum atomic E-state index is 2.45. The molecular formula is C25H25N. The fraction of sp³-hybridized carbons (Fsp3) is 0.200. The molecular weight excluding hydrogens is 314 g/mol. The van der Waals surface area contributed by atoms with E-state index in [0.29, 0.717) is 5.92 Å². The van der Waals surface area contributed by atoms with Crippen LogP contribution in [0.3, 0.4) is 0 Å². The first-order valence-electron chi connectivity index (χ1n) is 9.40. The lowest BCUT2D eigenvalue weighted by molar-refractivity contribution is 0.292. The Kier molecular flexibility index (Phi) is 4.99. The Hall–Kier alpha value is -2.64. The van der Waals surface area contributed by atoms with Crippen molar-refractivity contribution in [2.24, 2.45) is 0 Å². The molecule has 130 valence electrons. The Bertz CT molecular complexity index is 824. The van der Waals surface area contributed by atoms with E-state index in [0.717, 1.165) is 19.5 Å². The van der Waals surface area contributed by atoms with Crippen molar-refractivity contribution in [1.29, 1.82) is 0 Å². The maximum absolute atomic E-state index is 2.45. The highest BCUT2D eigenvalue weighted by Gasteiger charge is 2.27. The second-order valence-electron chi connectivity index (χ2n) is 7.11. The number of likely N-dealkylation sites (N-methyl/N-ethyl adjacent to an activating group) is 1.